The Kier molecular flexibility index (Phi) is 5.68. The number of rotatable bonds is 7. The number of nitrogens with zero attached hydrogens (tertiary/aromatic N) is 5. The average molecular weight is 442 g/mol. The van der Waals surface area contributed by atoms with Crippen molar-refractivity contribution in [3.8, 4) is 0 Å². The van der Waals surface area contributed by atoms with Gasteiger partial charge in [0.05, 0.1) is 23.4 Å². The van der Waals surface area contributed by atoms with Gasteiger partial charge in [0.2, 0.25) is 5.91 Å². The molecular weight excluding hydrogens is 418 g/mol. The molecule has 0 spiro atoms. The van der Waals surface area contributed by atoms with Gasteiger partial charge in [0.15, 0.2) is 11.2 Å². The summed E-state index contributed by atoms with van der Waals surface area (Å²) in [5.41, 5.74) is 1.26. The van der Waals surface area contributed by atoms with E-state index in [1.54, 1.807) is 18.8 Å². The van der Waals surface area contributed by atoms with Crippen molar-refractivity contribution < 1.29 is 4.79 Å². The lowest BCUT2D eigenvalue weighted by Crippen LogP contribution is -2.38. The molecule has 0 aliphatic carbocycles. The maximum absolute atomic E-state index is 12.9. The summed E-state index contributed by atoms with van der Waals surface area (Å²) in [6.45, 7) is -0.0973. The highest BCUT2D eigenvalue weighted by Gasteiger charge is 2.20. The Morgan fingerprint density at radius 2 is 2.00 bits per heavy atom. The number of imidazole rings is 2. The van der Waals surface area contributed by atoms with E-state index in [2.05, 4.69) is 20.3 Å². The van der Waals surface area contributed by atoms with Crippen LogP contribution in [0.4, 0.5) is 0 Å². The summed E-state index contributed by atoms with van der Waals surface area (Å²) < 4.78 is 3.77. The second-order valence-electron chi connectivity index (χ2n) is 7.29. The van der Waals surface area contributed by atoms with Crippen molar-refractivity contribution in [2.75, 3.05) is 12.0 Å². The minimum Gasteiger partial charge on any atom is -0.345 e. The molecule has 1 amide bonds. The summed E-state index contributed by atoms with van der Waals surface area (Å²) in [5.74, 6) is 1.26. The number of benzene rings is 1. The molecular formula is C20H23N7O3S. The van der Waals surface area contributed by atoms with E-state index in [9.17, 15) is 14.4 Å². The number of carbonyl (C=O) groups excluding carboxylic acids is 1. The van der Waals surface area contributed by atoms with Crippen molar-refractivity contribution in [3.05, 3.63) is 57.3 Å². The molecule has 1 atom stereocenters. The van der Waals surface area contributed by atoms with Crippen LogP contribution in [0.5, 0.6) is 0 Å². The highest BCUT2D eigenvalue weighted by molar-refractivity contribution is 7.98. The topological polar surface area (TPSA) is 120 Å². The van der Waals surface area contributed by atoms with E-state index in [1.807, 2.05) is 30.5 Å². The lowest BCUT2D eigenvalue weighted by molar-refractivity contribution is -0.122. The maximum Gasteiger partial charge on any atom is 0.332 e. The van der Waals surface area contributed by atoms with Crippen LogP contribution in [-0.4, -0.2) is 46.6 Å². The number of amides is 1. The highest BCUT2D eigenvalue weighted by atomic mass is 32.2. The fraction of sp³-hybridized carbons (Fsp3) is 0.350. The smallest absolute Gasteiger partial charge is 0.332 e. The Bertz CT molecular complexity index is 1350. The zero-order chi connectivity index (χ0) is 22.1. The number of thioether (sulfide) groups is 1. The first-order valence-electron chi connectivity index (χ1n) is 9.74. The Hall–Kier alpha value is -3.34. The Morgan fingerprint density at radius 3 is 2.74 bits per heavy atom. The summed E-state index contributed by atoms with van der Waals surface area (Å²) in [6, 6.07) is 7.41. The maximum atomic E-state index is 12.9. The largest absolute Gasteiger partial charge is 0.345 e. The van der Waals surface area contributed by atoms with Gasteiger partial charge in [-0.2, -0.15) is 11.8 Å². The predicted octanol–water partition coefficient (Wildman–Crippen LogP) is 0.921. The summed E-state index contributed by atoms with van der Waals surface area (Å²) >= 11 is 1.69. The van der Waals surface area contributed by atoms with E-state index in [1.165, 1.54) is 22.5 Å². The number of nitrogens with one attached hydrogen (secondary N) is 2. The van der Waals surface area contributed by atoms with Gasteiger partial charge in [-0.15, -0.1) is 0 Å². The molecule has 3 aromatic heterocycles. The third-order valence-corrected chi connectivity index (χ3v) is 5.86. The van der Waals surface area contributed by atoms with E-state index in [-0.39, 0.29) is 29.7 Å². The van der Waals surface area contributed by atoms with E-state index < -0.39 is 11.2 Å². The standard InChI is InChI=1S/C20H23N7O3S/c1-25-18-16(19(29)26(2)20(25)30)27(11-21-18)10-15(28)22-14(8-9-31-3)17-23-12-6-4-5-7-13(12)24-17/h4-7,11,14H,8-10H2,1-3H3,(H,22,28)(H,23,24). The van der Waals surface area contributed by atoms with Crippen molar-refractivity contribution in [3.63, 3.8) is 0 Å². The molecule has 2 N–H and O–H groups in total. The number of aromatic nitrogens is 6. The van der Waals surface area contributed by atoms with Gasteiger partial charge in [0, 0.05) is 14.1 Å². The van der Waals surface area contributed by atoms with Crippen LogP contribution in [0.2, 0.25) is 0 Å². The first kappa shape index (κ1) is 20.9. The molecule has 0 bridgehead atoms. The summed E-state index contributed by atoms with van der Waals surface area (Å²) in [7, 11) is 2.95. The number of fused-ring (bicyclic) bond motifs is 2. The summed E-state index contributed by atoms with van der Waals surface area (Å²) in [6.07, 6.45) is 4.12. The molecule has 0 radical (unpaired) electrons. The van der Waals surface area contributed by atoms with Crippen molar-refractivity contribution in [1.29, 1.82) is 0 Å². The number of hydrogen-bond donors (Lipinski definition) is 2. The molecule has 0 aliphatic heterocycles. The number of hydrogen-bond acceptors (Lipinski definition) is 6. The number of H-pyrrole nitrogens is 1. The first-order valence-corrected chi connectivity index (χ1v) is 11.1. The van der Waals surface area contributed by atoms with Crippen LogP contribution < -0.4 is 16.6 Å². The summed E-state index contributed by atoms with van der Waals surface area (Å²) in [4.78, 5) is 49.6. The molecule has 3 heterocycles. The molecule has 162 valence electrons. The van der Waals surface area contributed by atoms with Crippen LogP contribution in [0.15, 0.2) is 40.2 Å². The fourth-order valence-electron chi connectivity index (χ4n) is 3.56. The molecule has 31 heavy (non-hydrogen) atoms. The van der Waals surface area contributed by atoms with Gasteiger partial charge in [-0.1, -0.05) is 12.1 Å². The van der Waals surface area contributed by atoms with Gasteiger partial charge in [0.1, 0.15) is 12.4 Å². The second kappa shape index (κ2) is 8.42. The van der Waals surface area contributed by atoms with Gasteiger partial charge in [-0.25, -0.2) is 14.8 Å². The lowest BCUT2D eigenvalue weighted by Gasteiger charge is -2.16. The SMILES string of the molecule is CSCCC(NC(=O)Cn1cnc2c1c(=O)n(C)c(=O)n2C)c1nc2ccccc2[nH]1. The average Bonchev–Trinajstić information content (AvgIpc) is 3.38. The van der Waals surface area contributed by atoms with Crippen LogP contribution >= 0.6 is 11.8 Å². The Balaban J connectivity index is 1.61. The molecule has 0 fully saturated rings. The van der Waals surface area contributed by atoms with Crippen molar-refractivity contribution in [2.45, 2.75) is 19.0 Å². The van der Waals surface area contributed by atoms with E-state index in [0.29, 0.717) is 12.2 Å². The van der Waals surface area contributed by atoms with Crippen molar-refractivity contribution in [2.24, 2.45) is 14.1 Å². The van der Waals surface area contributed by atoms with E-state index in [0.717, 1.165) is 21.4 Å². The molecule has 4 aromatic rings. The third-order valence-electron chi connectivity index (χ3n) is 5.21. The quantitative estimate of drug-likeness (QED) is 0.440. The van der Waals surface area contributed by atoms with Crippen LogP contribution in [0.3, 0.4) is 0 Å². The fourth-order valence-corrected chi connectivity index (χ4v) is 4.03. The summed E-state index contributed by atoms with van der Waals surface area (Å²) in [5, 5.41) is 3.02. The minimum atomic E-state index is -0.486. The highest BCUT2D eigenvalue weighted by Crippen LogP contribution is 2.20. The zero-order valence-corrected chi connectivity index (χ0v) is 18.3. The van der Waals surface area contributed by atoms with Gasteiger partial charge in [-0.3, -0.25) is 18.7 Å². The molecule has 0 saturated heterocycles. The molecule has 4 rings (SSSR count). The number of para-hydroxylation sites is 2. The molecule has 11 heteroatoms. The first-order chi connectivity index (χ1) is 14.9. The molecule has 1 unspecified atom stereocenters. The molecule has 1 aromatic carbocycles. The van der Waals surface area contributed by atoms with Gasteiger partial charge >= 0.3 is 5.69 Å². The van der Waals surface area contributed by atoms with Crippen LogP contribution in [0.1, 0.15) is 18.3 Å². The molecule has 10 nitrogen and oxygen atoms in total. The van der Waals surface area contributed by atoms with Crippen molar-refractivity contribution in [1.82, 2.24) is 34.0 Å². The third kappa shape index (κ3) is 3.88. The zero-order valence-electron chi connectivity index (χ0n) is 17.5. The normalized spacial score (nSPS) is 12.5. The Labute approximate surface area is 181 Å². The van der Waals surface area contributed by atoms with Crippen LogP contribution in [-0.2, 0) is 25.4 Å². The van der Waals surface area contributed by atoms with Gasteiger partial charge in [0.25, 0.3) is 5.56 Å². The van der Waals surface area contributed by atoms with E-state index in [4.69, 9.17) is 0 Å². The number of aryl methyl sites for hydroxylation is 1. The molecule has 0 saturated carbocycles. The minimum absolute atomic E-state index is 0.0973. The lowest BCUT2D eigenvalue weighted by atomic mass is 10.2. The van der Waals surface area contributed by atoms with Crippen LogP contribution in [0, 0.1) is 0 Å². The van der Waals surface area contributed by atoms with Gasteiger partial charge in [-0.05, 0) is 30.6 Å². The monoisotopic (exact) mass is 441 g/mol. The second-order valence-corrected chi connectivity index (χ2v) is 8.28. The predicted molar refractivity (Wildman–Crippen MR) is 120 cm³/mol. The number of aromatic amines is 1. The number of carbonyl (C=O) groups is 1. The van der Waals surface area contributed by atoms with Crippen molar-refractivity contribution >= 4 is 39.9 Å². The van der Waals surface area contributed by atoms with Gasteiger partial charge < -0.3 is 14.9 Å². The van der Waals surface area contributed by atoms with E-state index >= 15 is 0 Å². The molecule has 0 aliphatic rings. The van der Waals surface area contributed by atoms with Crippen LogP contribution in [0.25, 0.3) is 22.2 Å². The Morgan fingerprint density at radius 1 is 1.23 bits per heavy atom.